The number of hydrogen-bond donors (Lipinski definition) is 0. The molecule has 0 amide bonds. The minimum Gasteiger partial charge on any atom is -0.456 e. The molecule has 5 heteroatoms. The first-order chi connectivity index (χ1) is 26.0. The topological polar surface area (TPSA) is 65.0 Å². The highest BCUT2D eigenvalue weighted by Crippen LogP contribution is 2.50. The van der Waals surface area contributed by atoms with Crippen LogP contribution in [0.3, 0.4) is 0 Å². The standard InChI is InChI=1S/C48H31N3O2/c1-48(2)36-20-12-11-18-32(36)34-25-30(21-22-37(34)48)39-27-38(28-13-5-3-6-14-28)49-46(50-39)35-26-42-43(33-19-10-9-17-31(33)35)44-40(52-42)23-24-41-45(44)51-47(53-41)29-15-7-4-8-16-29/h3-27H,1-2H3. The van der Waals surface area contributed by atoms with Gasteiger partial charge in [-0.3, -0.25) is 0 Å². The summed E-state index contributed by atoms with van der Waals surface area (Å²) in [4.78, 5) is 15.6. The lowest BCUT2D eigenvalue weighted by Crippen LogP contribution is -2.14. The van der Waals surface area contributed by atoms with Crippen LogP contribution in [0, 0.1) is 0 Å². The number of aromatic nitrogens is 3. The third-order valence-electron chi connectivity index (χ3n) is 10.9. The van der Waals surface area contributed by atoms with Crippen molar-refractivity contribution in [1.82, 2.24) is 15.0 Å². The Bertz CT molecular complexity index is 3080. The van der Waals surface area contributed by atoms with Crippen LogP contribution >= 0.6 is 0 Å². The van der Waals surface area contributed by atoms with Gasteiger partial charge in [0.1, 0.15) is 16.7 Å². The first kappa shape index (κ1) is 29.8. The quantitative estimate of drug-likeness (QED) is 0.185. The van der Waals surface area contributed by atoms with Gasteiger partial charge in [0, 0.05) is 33.1 Å². The number of rotatable bonds is 4. The Hall–Kier alpha value is -6.85. The van der Waals surface area contributed by atoms with Crippen LogP contribution in [-0.4, -0.2) is 15.0 Å². The van der Waals surface area contributed by atoms with Gasteiger partial charge in [-0.05, 0) is 75.5 Å². The normalized spacial score (nSPS) is 13.2. The molecule has 11 rings (SSSR count). The fourth-order valence-corrected chi connectivity index (χ4v) is 8.35. The number of hydrogen-bond acceptors (Lipinski definition) is 5. The highest BCUT2D eigenvalue weighted by Gasteiger charge is 2.35. The summed E-state index contributed by atoms with van der Waals surface area (Å²) < 4.78 is 12.9. The largest absolute Gasteiger partial charge is 0.456 e. The summed E-state index contributed by atoms with van der Waals surface area (Å²) in [5.74, 6) is 1.22. The molecule has 0 fully saturated rings. The third-order valence-corrected chi connectivity index (χ3v) is 10.9. The van der Waals surface area contributed by atoms with Crippen molar-refractivity contribution in [3.63, 3.8) is 0 Å². The monoisotopic (exact) mass is 681 g/mol. The Morgan fingerprint density at radius 1 is 0.434 bits per heavy atom. The van der Waals surface area contributed by atoms with Crippen LogP contribution in [0.25, 0.3) is 100 Å². The highest BCUT2D eigenvalue weighted by molar-refractivity contribution is 6.27. The molecule has 250 valence electrons. The molecular weight excluding hydrogens is 651 g/mol. The molecule has 10 aromatic rings. The van der Waals surface area contributed by atoms with E-state index in [-0.39, 0.29) is 5.41 Å². The van der Waals surface area contributed by atoms with Crippen LogP contribution in [0.4, 0.5) is 0 Å². The lowest BCUT2D eigenvalue weighted by atomic mass is 9.82. The second-order valence-corrected chi connectivity index (χ2v) is 14.4. The van der Waals surface area contributed by atoms with E-state index < -0.39 is 0 Å². The van der Waals surface area contributed by atoms with E-state index in [0.717, 1.165) is 77.5 Å². The van der Waals surface area contributed by atoms with Crippen molar-refractivity contribution in [3.05, 3.63) is 163 Å². The molecule has 3 aromatic heterocycles. The van der Waals surface area contributed by atoms with Crippen LogP contribution < -0.4 is 0 Å². The molecule has 0 radical (unpaired) electrons. The summed E-state index contributed by atoms with van der Waals surface area (Å²) in [6.07, 6.45) is 0. The van der Waals surface area contributed by atoms with E-state index in [1.54, 1.807) is 0 Å². The molecule has 3 heterocycles. The molecule has 7 aromatic carbocycles. The average Bonchev–Trinajstić information content (AvgIpc) is 3.88. The summed E-state index contributed by atoms with van der Waals surface area (Å²) in [5, 5.41) is 4.01. The fourth-order valence-electron chi connectivity index (χ4n) is 8.35. The smallest absolute Gasteiger partial charge is 0.227 e. The van der Waals surface area contributed by atoms with Gasteiger partial charge in [-0.1, -0.05) is 123 Å². The van der Waals surface area contributed by atoms with Gasteiger partial charge in [0.25, 0.3) is 0 Å². The summed E-state index contributed by atoms with van der Waals surface area (Å²) in [6, 6.07) is 52.4. The molecule has 1 aliphatic carbocycles. The van der Waals surface area contributed by atoms with E-state index in [1.807, 2.05) is 48.5 Å². The van der Waals surface area contributed by atoms with E-state index in [0.29, 0.717) is 11.7 Å². The molecule has 0 saturated carbocycles. The van der Waals surface area contributed by atoms with Crippen molar-refractivity contribution in [2.75, 3.05) is 0 Å². The molecule has 0 atom stereocenters. The zero-order valence-electron chi connectivity index (χ0n) is 29.1. The Morgan fingerprint density at radius 2 is 1.09 bits per heavy atom. The molecule has 53 heavy (non-hydrogen) atoms. The summed E-state index contributed by atoms with van der Waals surface area (Å²) in [5.41, 5.74) is 13.8. The van der Waals surface area contributed by atoms with Crippen LogP contribution in [-0.2, 0) is 5.41 Å². The maximum atomic E-state index is 6.64. The Balaban J connectivity index is 1.15. The number of furan rings is 1. The molecule has 0 bridgehead atoms. The molecule has 0 unspecified atom stereocenters. The van der Waals surface area contributed by atoms with Crippen molar-refractivity contribution in [1.29, 1.82) is 0 Å². The van der Waals surface area contributed by atoms with Gasteiger partial charge in [-0.15, -0.1) is 0 Å². The van der Waals surface area contributed by atoms with Gasteiger partial charge in [0.15, 0.2) is 11.4 Å². The minimum atomic E-state index is -0.0714. The number of fused-ring (bicyclic) bond motifs is 10. The Labute approximate surface area is 305 Å². The Kier molecular flexibility index (Phi) is 6.23. The molecule has 0 saturated heterocycles. The number of benzene rings is 7. The lowest BCUT2D eigenvalue weighted by Gasteiger charge is -2.21. The maximum absolute atomic E-state index is 6.64. The highest BCUT2D eigenvalue weighted by atomic mass is 16.4. The SMILES string of the molecule is CC1(C)c2ccccc2-c2cc(-c3cc(-c4ccccc4)nc(-c4cc5oc6ccc7oc(-c8ccccc8)nc7c6c5c5ccccc45)n3)ccc21. The van der Waals surface area contributed by atoms with E-state index in [9.17, 15) is 0 Å². The lowest BCUT2D eigenvalue weighted by molar-refractivity contribution is 0.619. The summed E-state index contributed by atoms with van der Waals surface area (Å²) in [6.45, 7) is 4.62. The van der Waals surface area contributed by atoms with Gasteiger partial charge >= 0.3 is 0 Å². The van der Waals surface area contributed by atoms with Crippen molar-refractivity contribution >= 4 is 43.8 Å². The van der Waals surface area contributed by atoms with Crippen LogP contribution in [0.15, 0.2) is 160 Å². The van der Waals surface area contributed by atoms with Gasteiger partial charge < -0.3 is 8.83 Å². The van der Waals surface area contributed by atoms with Gasteiger partial charge in [0.05, 0.1) is 16.8 Å². The van der Waals surface area contributed by atoms with Gasteiger partial charge in [-0.2, -0.15) is 0 Å². The first-order valence-corrected chi connectivity index (χ1v) is 17.9. The predicted octanol–water partition coefficient (Wildman–Crippen LogP) is 12.6. The second-order valence-electron chi connectivity index (χ2n) is 14.4. The minimum absolute atomic E-state index is 0.0714. The number of oxazole rings is 1. The zero-order chi connectivity index (χ0) is 35.3. The van der Waals surface area contributed by atoms with Crippen molar-refractivity contribution in [2.45, 2.75) is 19.3 Å². The zero-order valence-corrected chi connectivity index (χ0v) is 29.1. The molecule has 0 N–H and O–H groups in total. The molecule has 0 spiro atoms. The van der Waals surface area contributed by atoms with Crippen LogP contribution in [0.2, 0.25) is 0 Å². The summed E-state index contributed by atoms with van der Waals surface area (Å²) >= 11 is 0. The number of nitrogens with zero attached hydrogens (tertiary/aromatic N) is 3. The average molecular weight is 682 g/mol. The Morgan fingerprint density at radius 3 is 1.91 bits per heavy atom. The van der Waals surface area contributed by atoms with Crippen molar-refractivity contribution in [3.8, 4) is 56.5 Å². The maximum Gasteiger partial charge on any atom is 0.227 e. The summed E-state index contributed by atoms with van der Waals surface area (Å²) in [7, 11) is 0. The fraction of sp³-hybridized carbons (Fsp3) is 0.0625. The molecule has 5 nitrogen and oxygen atoms in total. The third kappa shape index (κ3) is 4.47. The van der Waals surface area contributed by atoms with Gasteiger partial charge in [0.2, 0.25) is 5.89 Å². The van der Waals surface area contributed by atoms with Gasteiger partial charge in [-0.25, -0.2) is 15.0 Å². The molecule has 0 aliphatic heterocycles. The molecule has 1 aliphatic rings. The van der Waals surface area contributed by atoms with Crippen molar-refractivity contribution < 1.29 is 8.83 Å². The van der Waals surface area contributed by atoms with Crippen molar-refractivity contribution in [2.24, 2.45) is 0 Å². The van der Waals surface area contributed by atoms with E-state index in [2.05, 4.69) is 117 Å². The van der Waals surface area contributed by atoms with Crippen LogP contribution in [0.1, 0.15) is 25.0 Å². The second kappa shape index (κ2) is 11.1. The van der Waals surface area contributed by atoms with E-state index >= 15 is 0 Å². The molecular formula is C48H31N3O2. The van der Waals surface area contributed by atoms with Crippen LogP contribution in [0.5, 0.6) is 0 Å². The van der Waals surface area contributed by atoms with E-state index in [1.165, 1.54) is 22.3 Å². The first-order valence-electron chi connectivity index (χ1n) is 17.9. The van der Waals surface area contributed by atoms with E-state index in [4.69, 9.17) is 23.8 Å². The predicted molar refractivity (Wildman–Crippen MR) is 214 cm³/mol.